The molecule has 0 atom stereocenters. The van der Waals surface area contributed by atoms with Crippen LogP contribution in [0.1, 0.15) is 6.92 Å². The van der Waals surface area contributed by atoms with E-state index in [2.05, 4.69) is 6.42 Å². The minimum Gasteiger partial charge on any atom is -0.273 e. The van der Waals surface area contributed by atoms with Crippen molar-refractivity contribution in [3.63, 3.8) is 0 Å². The van der Waals surface area contributed by atoms with Crippen LogP contribution in [0.15, 0.2) is 0 Å². The highest BCUT2D eigenvalue weighted by Gasteiger charge is 2.01. The number of halogens is 1. The number of rotatable bonds is 1. The van der Waals surface area contributed by atoms with Crippen LogP contribution in [0.5, 0.6) is 0 Å². The van der Waals surface area contributed by atoms with E-state index in [1.54, 1.807) is 0 Å². The smallest absolute Gasteiger partial charge is 0.248 e. The first-order valence-corrected chi connectivity index (χ1v) is 2.06. The van der Waals surface area contributed by atoms with Crippen molar-refractivity contribution >= 4 is 5.91 Å². The Kier molecular flexibility index (Phi) is 2.63. The largest absolute Gasteiger partial charge is 0.273 e. The third-order valence-corrected chi connectivity index (χ3v) is 0.572. The minimum atomic E-state index is -0.664. The Bertz CT molecular complexity index is 127. The summed E-state index contributed by atoms with van der Waals surface area (Å²) in [4.78, 5) is 9.99. The maximum Gasteiger partial charge on any atom is 0.248 e. The van der Waals surface area contributed by atoms with Crippen molar-refractivity contribution in [3.8, 4) is 12.3 Å². The van der Waals surface area contributed by atoms with Gasteiger partial charge in [-0.2, -0.15) is 5.12 Å². The van der Waals surface area contributed by atoms with Gasteiger partial charge in [-0.3, -0.25) is 4.79 Å². The molecule has 2 nitrogen and oxygen atoms in total. The molecule has 0 aliphatic heterocycles. The highest BCUT2D eigenvalue weighted by molar-refractivity contribution is 5.72. The van der Waals surface area contributed by atoms with Crippen LogP contribution in [0.4, 0.5) is 4.48 Å². The molecule has 0 aromatic heterocycles. The predicted molar refractivity (Wildman–Crippen MR) is 27.3 cm³/mol. The minimum absolute atomic E-state index is 0.0278. The van der Waals surface area contributed by atoms with Gasteiger partial charge in [0.15, 0.2) is 0 Å². The SMILES string of the molecule is C#CCN(F)C(C)=O. The average molecular weight is 115 g/mol. The van der Waals surface area contributed by atoms with E-state index in [1.807, 2.05) is 5.92 Å². The molecule has 0 N–H and O–H groups in total. The fourth-order valence-corrected chi connectivity index (χ4v) is 0.191. The number of carbonyl (C=O) groups is 1. The Morgan fingerprint density at radius 3 is 2.62 bits per heavy atom. The van der Waals surface area contributed by atoms with E-state index in [0.29, 0.717) is 0 Å². The van der Waals surface area contributed by atoms with Crippen molar-refractivity contribution in [1.82, 2.24) is 5.12 Å². The lowest BCUT2D eigenvalue weighted by molar-refractivity contribution is -0.142. The van der Waals surface area contributed by atoms with Crippen molar-refractivity contribution in [2.75, 3.05) is 6.54 Å². The zero-order valence-electron chi connectivity index (χ0n) is 4.52. The standard InChI is InChI=1S/C5H6FNO/c1-3-4-7(6)5(2)8/h1H,4H2,2H3. The third kappa shape index (κ3) is 2.19. The highest BCUT2D eigenvalue weighted by atomic mass is 19.2. The van der Waals surface area contributed by atoms with E-state index >= 15 is 0 Å². The molecule has 0 saturated heterocycles. The van der Waals surface area contributed by atoms with Crippen LogP contribution in [0.2, 0.25) is 0 Å². The summed E-state index contributed by atoms with van der Waals surface area (Å²) in [5, 5.41) is -0.0278. The van der Waals surface area contributed by atoms with Gasteiger partial charge in [-0.1, -0.05) is 10.4 Å². The van der Waals surface area contributed by atoms with E-state index in [4.69, 9.17) is 0 Å². The molecule has 0 unspecified atom stereocenters. The number of nitrogens with zero attached hydrogens (tertiary/aromatic N) is 1. The van der Waals surface area contributed by atoms with E-state index in [1.165, 1.54) is 0 Å². The van der Waals surface area contributed by atoms with Crippen LogP contribution in [0, 0.1) is 12.3 Å². The van der Waals surface area contributed by atoms with Gasteiger partial charge in [0.2, 0.25) is 5.91 Å². The Hall–Kier alpha value is -1.04. The molecule has 0 aromatic carbocycles. The summed E-state index contributed by atoms with van der Waals surface area (Å²) in [5.74, 6) is 1.31. The molecule has 1 amide bonds. The number of terminal acetylenes is 1. The molecule has 0 heterocycles. The maximum absolute atomic E-state index is 11.9. The zero-order chi connectivity index (χ0) is 6.57. The molecular formula is C5H6FNO. The molecular weight excluding hydrogens is 109 g/mol. The summed E-state index contributed by atoms with van der Waals surface area (Å²) in [5.41, 5.74) is 0. The van der Waals surface area contributed by atoms with Gasteiger partial charge in [0.1, 0.15) is 6.54 Å². The maximum atomic E-state index is 11.9. The molecule has 0 aliphatic carbocycles. The van der Waals surface area contributed by atoms with Gasteiger partial charge in [0, 0.05) is 6.92 Å². The van der Waals surface area contributed by atoms with Crippen LogP contribution < -0.4 is 0 Å². The molecule has 0 aliphatic rings. The fraction of sp³-hybridized carbons (Fsp3) is 0.400. The summed E-state index contributed by atoms with van der Waals surface area (Å²) in [7, 11) is 0. The van der Waals surface area contributed by atoms with Gasteiger partial charge in [0.25, 0.3) is 0 Å². The van der Waals surface area contributed by atoms with Crippen molar-refractivity contribution in [2.24, 2.45) is 0 Å². The van der Waals surface area contributed by atoms with E-state index in [9.17, 15) is 9.28 Å². The molecule has 44 valence electrons. The topological polar surface area (TPSA) is 20.3 Å². The van der Waals surface area contributed by atoms with Crippen molar-refractivity contribution < 1.29 is 9.28 Å². The van der Waals surface area contributed by atoms with E-state index in [0.717, 1.165) is 6.92 Å². The first kappa shape index (κ1) is 6.96. The lowest BCUT2D eigenvalue weighted by Crippen LogP contribution is -2.18. The van der Waals surface area contributed by atoms with Gasteiger partial charge in [-0.05, 0) is 0 Å². The van der Waals surface area contributed by atoms with E-state index in [-0.39, 0.29) is 11.7 Å². The average Bonchev–Trinajstić information content (AvgIpc) is 1.67. The van der Waals surface area contributed by atoms with Gasteiger partial charge < -0.3 is 0 Å². The van der Waals surface area contributed by atoms with Crippen LogP contribution >= 0.6 is 0 Å². The quantitative estimate of drug-likeness (QED) is 0.356. The Balaban J connectivity index is 3.52. The zero-order valence-corrected chi connectivity index (χ0v) is 4.52. The number of amides is 1. The third-order valence-electron chi connectivity index (χ3n) is 0.572. The van der Waals surface area contributed by atoms with Crippen LogP contribution in [0.25, 0.3) is 0 Å². The summed E-state index contributed by atoms with van der Waals surface area (Å²) in [6, 6.07) is 0. The lowest BCUT2D eigenvalue weighted by atomic mass is 10.6. The summed E-state index contributed by atoms with van der Waals surface area (Å²) < 4.78 is 11.9. The molecule has 8 heavy (non-hydrogen) atoms. The fourth-order valence-electron chi connectivity index (χ4n) is 0.191. The van der Waals surface area contributed by atoms with Gasteiger partial charge in [-0.25, -0.2) is 0 Å². The first-order chi connectivity index (χ1) is 3.68. The van der Waals surface area contributed by atoms with Crippen molar-refractivity contribution in [2.45, 2.75) is 6.92 Å². The van der Waals surface area contributed by atoms with Gasteiger partial charge >= 0.3 is 0 Å². The van der Waals surface area contributed by atoms with Crippen molar-refractivity contribution in [1.29, 1.82) is 0 Å². The lowest BCUT2D eigenvalue weighted by Gasteiger charge is -2.01. The molecule has 3 heteroatoms. The molecule has 0 bridgehead atoms. The normalized spacial score (nSPS) is 7.62. The van der Waals surface area contributed by atoms with Crippen LogP contribution in [-0.4, -0.2) is 17.6 Å². The van der Waals surface area contributed by atoms with Crippen LogP contribution in [-0.2, 0) is 4.79 Å². The number of carbonyl (C=O) groups excluding carboxylic acids is 1. The highest BCUT2D eigenvalue weighted by Crippen LogP contribution is 1.85. The summed E-state index contributed by atoms with van der Waals surface area (Å²) >= 11 is 0. The molecule has 0 spiro atoms. The summed E-state index contributed by atoms with van der Waals surface area (Å²) in [6.07, 6.45) is 4.68. The Morgan fingerprint density at radius 1 is 2.00 bits per heavy atom. The molecule has 0 fully saturated rings. The van der Waals surface area contributed by atoms with Gasteiger partial charge in [0.05, 0.1) is 0 Å². The second kappa shape index (κ2) is 3.03. The molecule has 0 aromatic rings. The predicted octanol–water partition coefficient (Wildman–Crippen LogP) is 0.353. The number of hydrogen-bond acceptors (Lipinski definition) is 1. The Morgan fingerprint density at radius 2 is 2.50 bits per heavy atom. The molecule has 0 rings (SSSR count). The first-order valence-electron chi connectivity index (χ1n) is 2.06. The Labute approximate surface area is 47.2 Å². The number of hydrogen-bond donors (Lipinski definition) is 0. The van der Waals surface area contributed by atoms with Gasteiger partial charge in [-0.15, -0.1) is 6.42 Å². The summed E-state index contributed by atoms with van der Waals surface area (Å²) in [6.45, 7) is 0.840. The molecule has 0 radical (unpaired) electrons. The van der Waals surface area contributed by atoms with E-state index < -0.39 is 5.91 Å². The second-order valence-electron chi connectivity index (χ2n) is 1.24. The second-order valence-corrected chi connectivity index (χ2v) is 1.24. The monoisotopic (exact) mass is 115 g/mol. The van der Waals surface area contributed by atoms with Crippen molar-refractivity contribution in [3.05, 3.63) is 0 Å². The van der Waals surface area contributed by atoms with Crippen LogP contribution in [0.3, 0.4) is 0 Å². The molecule has 0 saturated carbocycles.